The average molecular weight is 269 g/mol. The fourth-order valence-corrected chi connectivity index (χ4v) is 1.57. The molecule has 2 aromatic rings. The molecular weight excluding hydrogens is 259 g/mol. The molecule has 0 saturated heterocycles. The van der Waals surface area contributed by atoms with Crippen LogP contribution in [0.2, 0.25) is 0 Å². The van der Waals surface area contributed by atoms with Crippen LogP contribution in [0.3, 0.4) is 0 Å². The van der Waals surface area contributed by atoms with Crippen molar-refractivity contribution in [3.05, 3.63) is 42.2 Å². The number of nitrogens with zero attached hydrogens (tertiary/aromatic N) is 1. The van der Waals surface area contributed by atoms with Crippen LogP contribution in [0.25, 0.3) is 11.1 Å². The second kappa shape index (κ2) is 4.79. The zero-order chi connectivity index (χ0) is 14.0. The highest BCUT2D eigenvalue weighted by molar-refractivity contribution is 5.71. The lowest BCUT2D eigenvalue weighted by atomic mass is 10.1. The molecule has 0 fully saturated rings. The zero-order valence-electron chi connectivity index (χ0n) is 9.90. The van der Waals surface area contributed by atoms with Crippen molar-refractivity contribution in [2.24, 2.45) is 0 Å². The molecule has 3 nitrogen and oxygen atoms in total. The molecule has 1 N–H and O–H groups in total. The number of hydrogen-bond donors (Lipinski definition) is 1. The molecule has 0 spiro atoms. The number of aromatic nitrogens is 1. The molecular formula is C13H10F3NO2. The lowest BCUT2D eigenvalue weighted by Crippen LogP contribution is -2.17. The highest BCUT2D eigenvalue weighted by atomic mass is 19.4. The Morgan fingerprint density at radius 1 is 1.16 bits per heavy atom. The van der Waals surface area contributed by atoms with E-state index in [0.29, 0.717) is 5.56 Å². The minimum Gasteiger partial charge on any atom is -0.507 e. The van der Waals surface area contributed by atoms with E-state index in [1.165, 1.54) is 6.20 Å². The van der Waals surface area contributed by atoms with Gasteiger partial charge in [0.15, 0.2) is 0 Å². The zero-order valence-corrected chi connectivity index (χ0v) is 9.90. The third kappa shape index (κ3) is 3.37. The summed E-state index contributed by atoms with van der Waals surface area (Å²) in [6.07, 6.45) is -3.29. The molecule has 0 bridgehead atoms. The fourth-order valence-electron chi connectivity index (χ4n) is 1.57. The normalized spacial score (nSPS) is 11.4. The highest BCUT2D eigenvalue weighted by Crippen LogP contribution is 2.34. The second-order valence-electron chi connectivity index (χ2n) is 3.92. The van der Waals surface area contributed by atoms with Gasteiger partial charge in [0.05, 0.1) is 0 Å². The molecule has 0 aliphatic heterocycles. The molecule has 19 heavy (non-hydrogen) atoms. The van der Waals surface area contributed by atoms with Crippen molar-refractivity contribution in [2.45, 2.75) is 13.3 Å². The highest BCUT2D eigenvalue weighted by Gasteiger charge is 2.31. The quantitative estimate of drug-likeness (QED) is 0.904. The molecule has 0 aliphatic rings. The molecule has 0 radical (unpaired) electrons. The van der Waals surface area contributed by atoms with Crippen LogP contribution in [-0.4, -0.2) is 16.5 Å². The third-order valence-corrected chi connectivity index (χ3v) is 2.42. The molecule has 0 atom stereocenters. The molecule has 1 aromatic carbocycles. The van der Waals surface area contributed by atoms with E-state index in [9.17, 15) is 18.3 Å². The van der Waals surface area contributed by atoms with Crippen LogP contribution in [0.1, 0.15) is 5.69 Å². The number of hydrogen-bond acceptors (Lipinski definition) is 3. The van der Waals surface area contributed by atoms with Crippen molar-refractivity contribution in [3.63, 3.8) is 0 Å². The summed E-state index contributed by atoms with van der Waals surface area (Å²) in [4.78, 5) is 4.03. The van der Waals surface area contributed by atoms with Gasteiger partial charge in [0.1, 0.15) is 11.5 Å². The maximum absolute atomic E-state index is 12.1. The lowest BCUT2D eigenvalue weighted by Gasteiger charge is -2.11. The number of benzene rings is 1. The number of aryl methyl sites for hydroxylation is 1. The summed E-state index contributed by atoms with van der Waals surface area (Å²) in [7, 11) is 0. The van der Waals surface area contributed by atoms with E-state index < -0.39 is 6.36 Å². The van der Waals surface area contributed by atoms with E-state index >= 15 is 0 Å². The molecule has 0 unspecified atom stereocenters. The van der Waals surface area contributed by atoms with Crippen LogP contribution in [0.4, 0.5) is 13.2 Å². The van der Waals surface area contributed by atoms with E-state index in [4.69, 9.17) is 0 Å². The molecule has 0 saturated carbocycles. The third-order valence-electron chi connectivity index (χ3n) is 2.42. The Hall–Kier alpha value is -2.24. The maximum atomic E-state index is 12.1. The Morgan fingerprint density at radius 2 is 1.89 bits per heavy atom. The summed E-state index contributed by atoms with van der Waals surface area (Å²) >= 11 is 0. The van der Waals surface area contributed by atoms with Crippen LogP contribution in [0.15, 0.2) is 36.5 Å². The first-order valence-electron chi connectivity index (χ1n) is 5.37. The number of phenolic OH excluding ortho intramolecular Hbond substituents is 1. The van der Waals surface area contributed by atoms with Crippen molar-refractivity contribution in [2.75, 3.05) is 0 Å². The number of aromatic hydroxyl groups is 1. The Morgan fingerprint density at radius 3 is 2.47 bits per heavy atom. The van der Waals surface area contributed by atoms with Gasteiger partial charge in [-0.15, -0.1) is 13.2 Å². The monoisotopic (exact) mass is 269 g/mol. The standard InChI is InChI=1S/C13H10F3NO2/c1-8-2-3-9(7-17-8)11-6-10(4-5-12(11)18)19-13(14,15)16/h2-7,18H,1H3. The summed E-state index contributed by atoms with van der Waals surface area (Å²) < 4.78 is 40.2. The number of phenols is 1. The molecule has 100 valence electrons. The van der Waals surface area contributed by atoms with Gasteiger partial charge in [-0.25, -0.2) is 0 Å². The van der Waals surface area contributed by atoms with E-state index in [1.807, 2.05) is 0 Å². The predicted octanol–water partition coefficient (Wildman–Crippen LogP) is 3.66. The Balaban J connectivity index is 2.39. The van der Waals surface area contributed by atoms with Crippen LogP contribution in [0.5, 0.6) is 11.5 Å². The SMILES string of the molecule is Cc1ccc(-c2cc(OC(F)(F)F)ccc2O)cn1. The molecule has 0 aliphatic carbocycles. The van der Waals surface area contributed by atoms with Crippen molar-refractivity contribution in [1.29, 1.82) is 0 Å². The minimum atomic E-state index is -4.76. The molecule has 1 heterocycles. The van der Waals surface area contributed by atoms with Gasteiger partial charge in [0.25, 0.3) is 0 Å². The Kier molecular flexibility index (Phi) is 3.33. The second-order valence-corrected chi connectivity index (χ2v) is 3.92. The van der Waals surface area contributed by atoms with Gasteiger partial charge >= 0.3 is 6.36 Å². The summed E-state index contributed by atoms with van der Waals surface area (Å²) in [5.41, 5.74) is 1.51. The minimum absolute atomic E-state index is 0.139. The molecule has 1 aromatic heterocycles. The van der Waals surface area contributed by atoms with Crippen LogP contribution >= 0.6 is 0 Å². The van der Waals surface area contributed by atoms with Gasteiger partial charge in [-0.05, 0) is 31.2 Å². The van der Waals surface area contributed by atoms with Gasteiger partial charge in [-0.2, -0.15) is 0 Å². The Bertz CT molecular complexity index is 579. The summed E-state index contributed by atoms with van der Waals surface area (Å²) in [6, 6.07) is 6.68. The van der Waals surface area contributed by atoms with E-state index in [1.54, 1.807) is 19.1 Å². The smallest absolute Gasteiger partial charge is 0.507 e. The molecule has 6 heteroatoms. The first-order valence-corrected chi connectivity index (χ1v) is 5.37. The van der Waals surface area contributed by atoms with E-state index in [2.05, 4.69) is 9.72 Å². The fraction of sp³-hybridized carbons (Fsp3) is 0.154. The summed E-state index contributed by atoms with van der Waals surface area (Å²) in [5, 5.41) is 9.69. The van der Waals surface area contributed by atoms with E-state index in [-0.39, 0.29) is 17.1 Å². The van der Waals surface area contributed by atoms with Crippen molar-refractivity contribution in [3.8, 4) is 22.6 Å². The topological polar surface area (TPSA) is 42.4 Å². The predicted molar refractivity (Wildman–Crippen MR) is 62.8 cm³/mol. The van der Waals surface area contributed by atoms with Gasteiger partial charge in [-0.1, -0.05) is 6.07 Å². The van der Waals surface area contributed by atoms with Crippen molar-refractivity contribution in [1.82, 2.24) is 4.98 Å². The van der Waals surface area contributed by atoms with Crippen LogP contribution < -0.4 is 4.74 Å². The maximum Gasteiger partial charge on any atom is 0.573 e. The summed E-state index contributed by atoms with van der Waals surface area (Å²) in [6.45, 7) is 1.78. The first-order chi connectivity index (χ1) is 8.85. The van der Waals surface area contributed by atoms with Crippen LogP contribution in [-0.2, 0) is 0 Å². The van der Waals surface area contributed by atoms with Gasteiger partial charge in [0, 0.05) is 23.0 Å². The van der Waals surface area contributed by atoms with Crippen molar-refractivity contribution >= 4 is 0 Å². The number of alkyl halides is 3. The number of halogens is 3. The average Bonchev–Trinajstić information content (AvgIpc) is 2.31. The number of pyridine rings is 1. The van der Waals surface area contributed by atoms with Gasteiger partial charge in [-0.3, -0.25) is 4.98 Å². The number of ether oxygens (including phenoxy) is 1. The van der Waals surface area contributed by atoms with Crippen molar-refractivity contribution < 1.29 is 23.0 Å². The van der Waals surface area contributed by atoms with Crippen LogP contribution in [0, 0.1) is 6.92 Å². The number of rotatable bonds is 2. The molecule has 2 rings (SSSR count). The summed E-state index contributed by atoms with van der Waals surface area (Å²) in [5.74, 6) is -0.527. The lowest BCUT2D eigenvalue weighted by molar-refractivity contribution is -0.274. The van der Waals surface area contributed by atoms with E-state index in [0.717, 1.165) is 23.9 Å². The Labute approximate surface area is 107 Å². The first kappa shape index (κ1) is 13.2. The molecule has 0 amide bonds. The largest absolute Gasteiger partial charge is 0.573 e. The van der Waals surface area contributed by atoms with Gasteiger partial charge in [0.2, 0.25) is 0 Å². The van der Waals surface area contributed by atoms with Gasteiger partial charge < -0.3 is 9.84 Å².